The minimum Gasteiger partial charge on any atom is -0.493 e. The lowest BCUT2D eigenvalue weighted by Gasteiger charge is -2.39. The van der Waals surface area contributed by atoms with E-state index in [-0.39, 0.29) is 11.9 Å². The number of benzene rings is 2. The summed E-state index contributed by atoms with van der Waals surface area (Å²) in [7, 11) is 4.69. The topological polar surface area (TPSA) is 71.5 Å². The van der Waals surface area contributed by atoms with Crippen LogP contribution < -0.4 is 14.2 Å². The van der Waals surface area contributed by atoms with E-state index in [1.165, 1.54) is 10.5 Å². The molecule has 8 heteroatoms. The number of hydrogen-bond acceptors (Lipinski definition) is 7. The fourth-order valence-electron chi connectivity index (χ4n) is 4.92. The normalized spacial score (nSPS) is 19.7. The van der Waals surface area contributed by atoms with E-state index in [1.807, 2.05) is 28.8 Å². The molecule has 3 atom stereocenters. The lowest BCUT2D eigenvalue weighted by Crippen LogP contribution is -2.52. The number of carbonyl (C=O) groups excluding carboxylic acids is 1. The van der Waals surface area contributed by atoms with Gasteiger partial charge in [-0.25, -0.2) is 0 Å². The SMILES string of the molecule is COc1cc(C=CC(=O)N2CCN(C(C)C(O)c3ccc4c(c3)CC(C)S4)CC2)cc(OC)c1OC. The van der Waals surface area contributed by atoms with Crippen LogP contribution in [0, 0.1) is 0 Å². The van der Waals surface area contributed by atoms with Crippen LogP contribution in [0.2, 0.25) is 0 Å². The zero-order valence-electron chi connectivity index (χ0n) is 21.7. The van der Waals surface area contributed by atoms with E-state index in [1.54, 1.807) is 33.5 Å². The second-order valence-corrected chi connectivity index (χ2v) is 10.8. The molecule has 36 heavy (non-hydrogen) atoms. The van der Waals surface area contributed by atoms with Crippen LogP contribution in [0.4, 0.5) is 0 Å². The molecule has 1 fully saturated rings. The molecule has 0 spiro atoms. The highest BCUT2D eigenvalue weighted by Gasteiger charge is 2.29. The van der Waals surface area contributed by atoms with Gasteiger partial charge >= 0.3 is 0 Å². The van der Waals surface area contributed by atoms with Crippen LogP contribution in [-0.4, -0.2) is 79.6 Å². The van der Waals surface area contributed by atoms with Crippen LogP contribution >= 0.6 is 11.8 Å². The number of amides is 1. The summed E-state index contributed by atoms with van der Waals surface area (Å²) in [6.07, 6.45) is 3.84. The van der Waals surface area contributed by atoms with Gasteiger partial charge in [0.2, 0.25) is 11.7 Å². The van der Waals surface area contributed by atoms with Crippen molar-refractivity contribution < 1.29 is 24.1 Å². The zero-order chi connectivity index (χ0) is 25.8. The van der Waals surface area contributed by atoms with Crippen molar-refractivity contribution in [3.05, 3.63) is 53.1 Å². The zero-order valence-corrected chi connectivity index (χ0v) is 22.5. The van der Waals surface area contributed by atoms with Crippen LogP contribution in [0.5, 0.6) is 17.2 Å². The third kappa shape index (κ3) is 5.66. The maximum absolute atomic E-state index is 12.9. The van der Waals surface area contributed by atoms with E-state index in [0.29, 0.717) is 35.6 Å². The van der Waals surface area contributed by atoms with Gasteiger partial charge in [0.25, 0.3) is 0 Å². The summed E-state index contributed by atoms with van der Waals surface area (Å²) >= 11 is 1.91. The van der Waals surface area contributed by atoms with Gasteiger partial charge < -0.3 is 24.2 Å². The molecule has 3 unspecified atom stereocenters. The van der Waals surface area contributed by atoms with Crippen LogP contribution in [0.25, 0.3) is 6.08 Å². The molecule has 2 aromatic carbocycles. The van der Waals surface area contributed by atoms with Gasteiger partial charge in [-0.1, -0.05) is 19.1 Å². The Morgan fingerprint density at radius 3 is 2.33 bits per heavy atom. The summed E-state index contributed by atoms with van der Waals surface area (Å²) in [6.45, 7) is 6.99. The summed E-state index contributed by atoms with van der Waals surface area (Å²) in [5.41, 5.74) is 3.10. The average Bonchev–Trinajstić information content (AvgIpc) is 3.29. The highest BCUT2D eigenvalue weighted by Crippen LogP contribution is 2.39. The highest BCUT2D eigenvalue weighted by molar-refractivity contribution is 8.00. The fraction of sp³-hybridized carbons (Fsp3) is 0.464. The van der Waals surface area contributed by atoms with Crippen molar-refractivity contribution in [3.63, 3.8) is 0 Å². The number of aliphatic hydroxyl groups excluding tert-OH is 1. The minimum absolute atomic E-state index is 0.0263. The minimum atomic E-state index is -0.557. The molecule has 2 aromatic rings. The van der Waals surface area contributed by atoms with Crippen LogP contribution in [0.1, 0.15) is 36.6 Å². The predicted molar refractivity (Wildman–Crippen MR) is 143 cm³/mol. The molecule has 1 N–H and O–H groups in total. The first-order valence-electron chi connectivity index (χ1n) is 12.3. The quantitative estimate of drug-likeness (QED) is 0.536. The fourth-order valence-corrected chi connectivity index (χ4v) is 6.06. The van der Waals surface area contributed by atoms with Crippen molar-refractivity contribution in [1.82, 2.24) is 9.80 Å². The van der Waals surface area contributed by atoms with Crippen molar-refractivity contribution >= 4 is 23.7 Å². The Morgan fingerprint density at radius 1 is 1.06 bits per heavy atom. The molecule has 7 nitrogen and oxygen atoms in total. The molecule has 2 heterocycles. The van der Waals surface area contributed by atoms with Gasteiger partial charge in [0, 0.05) is 48.4 Å². The number of methoxy groups -OCH3 is 3. The molecule has 0 aromatic heterocycles. The molecule has 2 aliphatic rings. The Hall–Kier alpha value is -2.68. The summed E-state index contributed by atoms with van der Waals surface area (Å²) in [5.74, 6) is 1.56. The van der Waals surface area contributed by atoms with Gasteiger partial charge in [0.05, 0.1) is 27.4 Å². The second kappa shape index (κ2) is 11.6. The van der Waals surface area contributed by atoms with E-state index >= 15 is 0 Å². The Morgan fingerprint density at radius 2 is 1.72 bits per heavy atom. The summed E-state index contributed by atoms with van der Waals surface area (Å²) in [5, 5.41) is 11.7. The molecule has 4 rings (SSSR count). The Kier molecular flexibility index (Phi) is 8.49. The van der Waals surface area contributed by atoms with Crippen molar-refractivity contribution in [1.29, 1.82) is 0 Å². The summed E-state index contributed by atoms with van der Waals surface area (Å²) < 4.78 is 16.1. The van der Waals surface area contributed by atoms with E-state index in [0.717, 1.165) is 30.6 Å². The first-order chi connectivity index (χ1) is 17.3. The van der Waals surface area contributed by atoms with Gasteiger partial charge in [0.1, 0.15) is 0 Å². The Balaban J connectivity index is 1.34. The summed E-state index contributed by atoms with van der Waals surface area (Å²) in [4.78, 5) is 18.3. The molecule has 0 saturated carbocycles. The van der Waals surface area contributed by atoms with Gasteiger partial charge in [-0.2, -0.15) is 0 Å². The van der Waals surface area contributed by atoms with E-state index < -0.39 is 6.10 Å². The number of aliphatic hydroxyl groups is 1. The molecule has 0 aliphatic carbocycles. The standard InChI is InChI=1S/C28H36N2O5S/c1-18-14-22-17-21(7-8-25(22)36-18)27(32)19(2)29-10-12-30(13-11-29)26(31)9-6-20-15-23(33-3)28(35-5)24(16-20)34-4/h6-9,15-19,27,32H,10-14H2,1-5H3. The van der Waals surface area contributed by atoms with E-state index in [4.69, 9.17) is 14.2 Å². The van der Waals surface area contributed by atoms with Crippen LogP contribution in [0.3, 0.4) is 0 Å². The molecule has 2 aliphatic heterocycles. The predicted octanol–water partition coefficient (Wildman–Crippen LogP) is 4.03. The number of piperazine rings is 1. The van der Waals surface area contributed by atoms with E-state index in [9.17, 15) is 9.90 Å². The third-order valence-corrected chi connectivity index (χ3v) is 8.25. The molecule has 194 valence electrons. The molecular weight excluding hydrogens is 476 g/mol. The Bertz CT molecular complexity index is 1090. The smallest absolute Gasteiger partial charge is 0.246 e. The second-order valence-electron chi connectivity index (χ2n) is 9.34. The number of fused-ring (bicyclic) bond motifs is 1. The molecular formula is C28H36N2O5S. The number of nitrogens with zero attached hydrogens (tertiary/aromatic N) is 2. The number of rotatable bonds is 8. The van der Waals surface area contributed by atoms with Gasteiger partial charge in [-0.3, -0.25) is 9.69 Å². The summed E-state index contributed by atoms with van der Waals surface area (Å²) in [6, 6.07) is 9.96. The van der Waals surface area contributed by atoms with Crippen molar-refractivity contribution in [2.24, 2.45) is 0 Å². The van der Waals surface area contributed by atoms with Crippen molar-refractivity contribution in [2.75, 3.05) is 47.5 Å². The molecule has 0 bridgehead atoms. The maximum atomic E-state index is 12.9. The van der Waals surface area contributed by atoms with Gasteiger partial charge in [-0.05, 0) is 54.3 Å². The van der Waals surface area contributed by atoms with Gasteiger partial charge in [0.15, 0.2) is 11.5 Å². The number of ether oxygens (including phenoxy) is 3. The first-order valence-corrected chi connectivity index (χ1v) is 13.2. The van der Waals surface area contributed by atoms with Crippen LogP contribution in [-0.2, 0) is 11.2 Å². The van der Waals surface area contributed by atoms with Crippen molar-refractivity contribution in [3.8, 4) is 17.2 Å². The first kappa shape index (κ1) is 26.4. The van der Waals surface area contributed by atoms with Crippen LogP contribution in [0.15, 0.2) is 41.3 Å². The Labute approximate surface area is 218 Å². The largest absolute Gasteiger partial charge is 0.493 e. The van der Waals surface area contributed by atoms with E-state index in [2.05, 4.69) is 36.9 Å². The van der Waals surface area contributed by atoms with Crippen molar-refractivity contribution in [2.45, 2.75) is 42.6 Å². The maximum Gasteiger partial charge on any atom is 0.246 e. The molecule has 0 radical (unpaired) electrons. The number of thioether (sulfide) groups is 1. The average molecular weight is 513 g/mol. The lowest BCUT2D eigenvalue weighted by atomic mass is 9.98. The lowest BCUT2D eigenvalue weighted by molar-refractivity contribution is -0.128. The number of hydrogen-bond donors (Lipinski definition) is 1. The molecule has 1 amide bonds. The van der Waals surface area contributed by atoms with Gasteiger partial charge in [-0.15, -0.1) is 11.8 Å². The molecule has 1 saturated heterocycles. The highest BCUT2D eigenvalue weighted by atomic mass is 32.2. The number of carbonyl (C=O) groups is 1. The monoisotopic (exact) mass is 512 g/mol. The third-order valence-electron chi connectivity index (χ3n) is 7.03.